The summed E-state index contributed by atoms with van der Waals surface area (Å²) in [5.41, 5.74) is 0.496. The molecule has 2 unspecified atom stereocenters. The van der Waals surface area contributed by atoms with Gasteiger partial charge in [0.25, 0.3) is 0 Å². The number of hydrogen-bond donors (Lipinski definition) is 3. The Morgan fingerprint density at radius 1 is 1.24 bits per heavy atom. The van der Waals surface area contributed by atoms with Crippen molar-refractivity contribution in [1.82, 2.24) is 25.1 Å². The number of hydrogen-bond acceptors (Lipinski definition) is 8. The van der Waals surface area contributed by atoms with Gasteiger partial charge in [0.05, 0.1) is 5.39 Å². The SMILES string of the molecule is Cc1cc(Nc2nc(NC3CC4CCCC(C3)N4C(=O)OC(C)(C)C)nc3sccc23)n[nH]1. The number of carbonyl (C=O) groups is 1. The van der Waals surface area contributed by atoms with Gasteiger partial charge >= 0.3 is 6.09 Å². The van der Waals surface area contributed by atoms with E-state index in [9.17, 15) is 4.79 Å². The van der Waals surface area contributed by atoms with Crippen LogP contribution in [0.4, 0.5) is 22.4 Å². The van der Waals surface area contributed by atoms with E-state index in [4.69, 9.17) is 14.7 Å². The number of aromatic nitrogens is 4. The van der Waals surface area contributed by atoms with Crippen molar-refractivity contribution in [3.8, 4) is 0 Å². The van der Waals surface area contributed by atoms with Gasteiger partial charge in [0.2, 0.25) is 5.95 Å². The first-order valence-electron chi connectivity index (χ1n) is 11.6. The van der Waals surface area contributed by atoms with Crippen LogP contribution in [0.5, 0.6) is 0 Å². The van der Waals surface area contributed by atoms with Gasteiger partial charge in [-0.15, -0.1) is 11.3 Å². The predicted molar refractivity (Wildman–Crippen MR) is 130 cm³/mol. The number of piperidine rings is 2. The van der Waals surface area contributed by atoms with E-state index in [-0.39, 0.29) is 24.2 Å². The first kappa shape index (κ1) is 21.9. The Morgan fingerprint density at radius 2 is 2.00 bits per heavy atom. The quantitative estimate of drug-likeness (QED) is 0.482. The molecule has 2 saturated heterocycles. The smallest absolute Gasteiger partial charge is 0.410 e. The molecular weight excluding hydrogens is 438 g/mol. The molecule has 33 heavy (non-hydrogen) atoms. The molecule has 1 amide bonds. The minimum Gasteiger partial charge on any atom is -0.444 e. The lowest BCUT2D eigenvalue weighted by molar-refractivity contribution is -0.0199. The number of amides is 1. The first-order chi connectivity index (χ1) is 15.7. The van der Waals surface area contributed by atoms with Crippen molar-refractivity contribution in [2.75, 3.05) is 10.6 Å². The lowest BCUT2D eigenvalue weighted by atomic mass is 9.82. The number of thiophene rings is 1. The molecule has 10 heteroatoms. The predicted octanol–water partition coefficient (Wildman–Crippen LogP) is 5.20. The zero-order valence-corrected chi connectivity index (χ0v) is 20.3. The van der Waals surface area contributed by atoms with Gasteiger partial charge in [-0.25, -0.2) is 9.78 Å². The molecule has 0 aromatic carbocycles. The van der Waals surface area contributed by atoms with Crippen LogP contribution in [0.1, 0.15) is 58.6 Å². The maximum atomic E-state index is 12.9. The summed E-state index contributed by atoms with van der Waals surface area (Å²) in [6.07, 6.45) is 4.70. The molecule has 0 saturated carbocycles. The minimum atomic E-state index is -0.485. The van der Waals surface area contributed by atoms with E-state index in [0.29, 0.717) is 5.95 Å². The summed E-state index contributed by atoms with van der Waals surface area (Å²) in [6.45, 7) is 7.72. The van der Waals surface area contributed by atoms with Crippen LogP contribution >= 0.6 is 11.3 Å². The second kappa shape index (κ2) is 8.48. The molecule has 0 aliphatic carbocycles. The number of aromatic amines is 1. The highest BCUT2D eigenvalue weighted by atomic mass is 32.1. The van der Waals surface area contributed by atoms with Crippen molar-refractivity contribution in [3.05, 3.63) is 23.2 Å². The second-order valence-electron chi connectivity index (χ2n) is 10.0. The van der Waals surface area contributed by atoms with Gasteiger partial charge in [-0.3, -0.25) is 5.10 Å². The molecule has 2 aliphatic heterocycles. The number of aryl methyl sites for hydroxylation is 1. The maximum Gasteiger partial charge on any atom is 0.410 e. The number of anilines is 3. The van der Waals surface area contributed by atoms with Crippen LogP contribution in [0.25, 0.3) is 10.2 Å². The van der Waals surface area contributed by atoms with Crippen molar-refractivity contribution in [3.63, 3.8) is 0 Å². The van der Waals surface area contributed by atoms with Gasteiger partial charge in [0, 0.05) is 29.9 Å². The number of rotatable bonds is 4. The molecular formula is C23H31N7O2S. The lowest BCUT2D eigenvalue weighted by Gasteiger charge is -2.48. The highest BCUT2D eigenvalue weighted by Crippen LogP contribution is 2.37. The molecule has 9 nitrogen and oxygen atoms in total. The Balaban J connectivity index is 1.34. The van der Waals surface area contributed by atoms with Crippen molar-refractivity contribution >= 4 is 45.2 Å². The van der Waals surface area contributed by atoms with Crippen molar-refractivity contribution in [2.24, 2.45) is 0 Å². The fourth-order valence-electron chi connectivity index (χ4n) is 4.91. The molecule has 176 valence electrons. The lowest BCUT2D eigenvalue weighted by Crippen LogP contribution is -2.58. The van der Waals surface area contributed by atoms with E-state index in [1.807, 2.05) is 50.1 Å². The van der Waals surface area contributed by atoms with E-state index < -0.39 is 5.60 Å². The summed E-state index contributed by atoms with van der Waals surface area (Å²) in [7, 11) is 0. The third-order valence-electron chi connectivity index (χ3n) is 6.19. The van der Waals surface area contributed by atoms with Crippen LogP contribution in [0.3, 0.4) is 0 Å². The van der Waals surface area contributed by atoms with Crippen molar-refractivity contribution in [2.45, 2.75) is 83.5 Å². The molecule has 2 bridgehead atoms. The second-order valence-corrected chi connectivity index (χ2v) is 10.9. The van der Waals surface area contributed by atoms with Gasteiger partial charge < -0.3 is 20.3 Å². The molecule has 3 aromatic rings. The molecule has 2 aliphatic rings. The first-order valence-corrected chi connectivity index (χ1v) is 12.5. The number of nitrogens with one attached hydrogen (secondary N) is 3. The summed E-state index contributed by atoms with van der Waals surface area (Å²) in [6, 6.07) is 4.54. The summed E-state index contributed by atoms with van der Waals surface area (Å²) >= 11 is 1.59. The summed E-state index contributed by atoms with van der Waals surface area (Å²) in [5.74, 6) is 2.07. The summed E-state index contributed by atoms with van der Waals surface area (Å²) in [5, 5.41) is 17.1. The molecule has 0 radical (unpaired) electrons. The topological polar surface area (TPSA) is 108 Å². The molecule has 2 fully saturated rings. The molecule has 3 aromatic heterocycles. The van der Waals surface area contributed by atoms with Crippen LogP contribution in [0.2, 0.25) is 0 Å². The van der Waals surface area contributed by atoms with Gasteiger partial charge in [-0.05, 0) is 71.2 Å². The zero-order chi connectivity index (χ0) is 23.2. The normalized spacial score (nSPS) is 22.9. The van der Waals surface area contributed by atoms with Gasteiger partial charge in [-0.1, -0.05) is 0 Å². The van der Waals surface area contributed by atoms with Crippen LogP contribution < -0.4 is 10.6 Å². The van der Waals surface area contributed by atoms with Gasteiger partial charge in [-0.2, -0.15) is 10.1 Å². The molecule has 5 rings (SSSR count). The Morgan fingerprint density at radius 3 is 2.67 bits per heavy atom. The Hall–Kier alpha value is -2.88. The number of fused-ring (bicyclic) bond motifs is 3. The van der Waals surface area contributed by atoms with Crippen molar-refractivity contribution in [1.29, 1.82) is 0 Å². The molecule has 5 heterocycles. The maximum absolute atomic E-state index is 12.9. The number of ether oxygens (including phenoxy) is 1. The fourth-order valence-corrected chi connectivity index (χ4v) is 5.68. The van der Waals surface area contributed by atoms with E-state index in [0.717, 1.165) is 59.7 Å². The fraction of sp³-hybridized carbons (Fsp3) is 0.565. The van der Waals surface area contributed by atoms with E-state index in [1.54, 1.807) is 11.3 Å². The zero-order valence-electron chi connectivity index (χ0n) is 19.5. The van der Waals surface area contributed by atoms with Crippen LogP contribution in [-0.4, -0.2) is 54.9 Å². The summed E-state index contributed by atoms with van der Waals surface area (Å²) in [4.78, 5) is 25.3. The average molecular weight is 470 g/mol. The van der Waals surface area contributed by atoms with Crippen LogP contribution in [0, 0.1) is 6.92 Å². The monoisotopic (exact) mass is 469 g/mol. The highest BCUT2D eigenvalue weighted by molar-refractivity contribution is 7.16. The molecule has 2 atom stereocenters. The Kier molecular flexibility index (Phi) is 5.64. The van der Waals surface area contributed by atoms with Gasteiger partial charge in [0.15, 0.2) is 5.82 Å². The van der Waals surface area contributed by atoms with E-state index in [2.05, 4.69) is 20.8 Å². The third-order valence-corrected chi connectivity index (χ3v) is 7.00. The van der Waals surface area contributed by atoms with E-state index in [1.165, 1.54) is 0 Å². The van der Waals surface area contributed by atoms with Crippen LogP contribution in [-0.2, 0) is 4.74 Å². The van der Waals surface area contributed by atoms with Crippen molar-refractivity contribution < 1.29 is 9.53 Å². The van der Waals surface area contributed by atoms with Crippen LogP contribution in [0.15, 0.2) is 17.5 Å². The number of nitrogens with zero attached hydrogens (tertiary/aromatic N) is 4. The minimum absolute atomic E-state index is 0.181. The largest absolute Gasteiger partial charge is 0.444 e. The molecule has 3 N–H and O–H groups in total. The number of H-pyrrole nitrogens is 1. The Bertz CT molecular complexity index is 1140. The number of carbonyl (C=O) groups excluding carboxylic acids is 1. The third kappa shape index (κ3) is 4.75. The molecule has 0 spiro atoms. The van der Waals surface area contributed by atoms with E-state index >= 15 is 0 Å². The average Bonchev–Trinajstić information content (AvgIpc) is 3.35. The Labute approximate surface area is 197 Å². The van der Waals surface area contributed by atoms with Gasteiger partial charge in [0.1, 0.15) is 16.2 Å². The summed E-state index contributed by atoms with van der Waals surface area (Å²) < 4.78 is 5.71. The highest BCUT2D eigenvalue weighted by Gasteiger charge is 2.42. The standard InChI is InChI=1S/C23H31N7O2S/c1-13-10-18(29-28-13)25-19-17-8-9-33-20(17)27-21(26-19)24-14-11-15-6-5-7-16(12-14)30(15)22(31)32-23(2,3)4/h8-10,14-16H,5-7,11-12H2,1-4H3,(H3,24,25,26,27,28,29).